The van der Waals surface area contributed by atoms with Crippen molar-refractivity contribution in [1.82, 2.24) is 4.98 Å². The van der Waals surface area contributed by atoms with E-state index in [4.69, 9.17) is 21.1 Å². The van der Waals surface area contributed by atoms with Crippen LogP contribution in [-0.2, 0) is 0 Å². The minimum atomic E-state index is -0.365. The fourth-order valence-electron chi connectivity index (χ4n) is 1.62. The first-order chi connectivity index (χ1) is 9.63. The Bertz CT molecular complexity index is 632. The number of nitrogens with one attached hydrogen (secondary N) is 1. The lowest BCUT2D eigenvalue weighted by Gasteiger charge is -2.11. The van der Waals surface area contributed by atoms with Gasteiger partial charge in [-0.15, -0.1) is 0 Å². The van der Waals surface area contributed by atoms with Gasteiger partial charge in [-0.05, 0) is 24.3 Å². The van der Waals surface area contributed by atoms with Gasteiger partial charge in [-0.1, -0.05) is 11.6 Å². The first-order valence-electron chi connectivity index (χ1n) is 5.79. The fraction of sp³-hybridized carbons (Fsp3) is 0.143. The predicted molar refractivity (Wildman–Crippen MR) is 76.7 cm³/mol. The van der Waals surface area contributed by atoms with Crippen LogP contribution in [0.3, 0.4) is 0 Å². The molecule has 1 amide bonds. The Morgan fingerprint density at radius 2 is 2.00 bits per heavy atom. The second-order valence-electron chi connectivity index (χ2n) is 3.88. The number of carbonyl (C=O) groups excluding carboxylic acids is 1. The van der Waals surface area contributed by atoms with E-state index in [0.717, 1.165) is 0 Å². The van der Waals surface area contributed by atoms with Gasteiger partial charge in [0, 0.05) is 17.3 Å². The average molecular weight is 293 g/mol. The molecule has 1 aromatic carbocycles. The van der Waals surface area contributed by atoms with Crippen LogP contribution in [0.1, 0.15) is 10.5 Å². The molecule has 2 rings (SSSR count). The second-order valence-corrected chi connectivity index (χ2v) is 4.32. The minimum absolute atomic E-state index is 0.232. The smallest absolute Gasteiger partial charge is 0.274 e. The summed E-state index contributed by atoms with van der Waals surface area (Å²) in [7, 11) is 3.07. The van der Waals surface area contributed by atoms with E-state index in [1.54, 1.807) is 31.4 Å². The number of pyridine rings is 1. The van der Waals surface area contributed by atoms with E-state index < -0.39 is 0 Å². The molecule has 0 spiro atoms. The lowest BCUT2D eigenvalue weighted by Crippen LogP contribution is -2.14. The summed E-state index contributed by atoms with van der Waals surface area (Å²) in [6, 6.07) is 8.20. The molecule has 0 unspecified atom stereocenters. The molecule has 2 aromatic rings. The second kappa shape index (κ2) is 6.25. The number of amides is 1. The van der Waals surface area contributed by atoms with Crippen molar-refractivity contribution in [2.75, 3.05) is 19.5 Å². The van der Waals surface area contributed by atoms with E-state index in [2.05, 4.69) is 10.3 Å². The fourth-order valence-corrected chi connectivity index (χ4v) is 1.78. The summed E-state index contributed by atoms with van der Waals surface area (Å²) in [6.07, 6.45) is 1.47. The van der Waals surface area contributed by atoms with Crippen LogP contribution in [0.25, 0.3) is 0 Å². The normalized spacial score (nSPS) is 9.95. The molecule has 5 nitrogen and oxygen atoms in total. The van der Waals surface area contributed by atoms with Crippen molar-refractivity contribution in [3.63, 3.8) is 0 Å². The van der Waals surface area contributed by atoms with E-state index in [0.29, 0.717) is 22.2 Å². The number of benzene rings is 1. The van der Waals surface area contributed by atoms with Crippen LogP contribution in [0.4, 0.5) is 5.69 Å². The monoisotopic (exact) mass is 292 g/mol. The highest BCUT2D eigenvalue weighted by Gasteiger charge is 2.12. The van der Waals surface area contributed by atoms with E-state index in [1.165, 1.54) is 19.4 Å². The molecular formula is C14H13ClN2O3. The van der Waals surface area contributed by atoms with Crippen LogP contribution in [0.15, 0.2) is 36.5 Å². The van der Waals surface area contributed by atoms with Gasteiger partial charge in [-0.25, -0.2) is 0 Å². The molecule has 0 aliphatic rings. The number of nitrogens with zero attached hydrogens (tertiary/aromatic N) is 1. The van der Waals surface area contributed by atoms with Gasteiger partial charge in [-0.3, -0.25) is 9.78 Å². The molecule has 1 aromatic heterocycles. The Morgan fingerprint density at radius 1 is 1.20 bits per heavy atom. The highest BCUT2D eigenvalue weighted by molar-refractivity contribution is 6.30. The number of halogens is 1. The summed E-state index contributed by atoms with van der Waals surface area (Å²) >= 11 is 5.83. The topological polar surface area (TPSA) is 60.5 Å². The summed E-state index contributed by atoms with van der Waals surface area (Å²) in [5.41, 5.74) is 0.760. The van der Waals surface area contributed by atoms with Gasteiger partial charge >= 0.3 is 0 Å². The van der Waals surface area contributed by atoms with Gasteiger partial charge in [0.1, 0.15) is 17.2 Å². The molecule has 0 bridgehead atoms. The maximum absolute atomic E-state index is 12.1. The van der Waals surface area contributed by atoms with Gasteiger partial charge in [0.05, 0.1) is 19.9 Å². The molecule has 0 radical (unpaired) electrons. The van der Waals surface area contributed by atoms with Crippen molar-refractivity contribution >= 4 is 23.2 Å². The van der Waals surface area contributed by atoms with E-state index in [9.17, 15) is 4.79 Å². The van der Waals surface area contributed by atoms with E-state index >= 15 is 0 Å². The summed E-state index contributed by atoms with van der Waals surface area (Å²) in [5, 5.41) is 3.17. The van der Waals surface area contributed by atoms with Crippen molar-refractivity contribution < 1.29 is 14.3 Å². The summed E-state index contributed by atoms with van der Waals surface area (Å²) in [4.78, 5) is 16.0. The molecule has 104 valence electrons. The van der Waals surface area contributed by atoms with Crippen molar-refractivity contribution in [1.29, 1.82) is 0 Å². The third kappa shape index (κ3) is 3.19. The van der Waals surface area contributed by atoms with Gasteiger partial charge in [0.2, 0.25) is 0 Å². The Labute approximate surface area is 121 Å². The zero-order valence-corrected chi connectivity index (χ0v) is 11.8. The van der Waals surface area contributed by atoms with Gasteiger partial charge < -0.3 is 14.8 Å². The minimum Gasteiger partial charge on any atom is -0.497 e. The number of rotatable bonds is 4. The number of hydrogen-bond donors (Lipinski definition) is 1. The van der Waals surface area contributed by atoms with Crippen LogP contribution in [0.2, 0.25) is 5.02 Å². The molecule has 6 heteroatoms. The first-order valence-corrected chi connectivity index (χ1v) is 6.17. The van der Waals surface area contributed by atoms with E-state index in [1.807, 2.05) is 0 Å². The SMILES string of the molecule is COc1ccc(NC(=O)c2cc(Cl)ccn2)c(OC)c1. The zero-order valence-electron chi connectivity index (χ0n) is 11.0. The summed E-state index contributed by atoms with van der Waals surface area (Å²) in [5.74, 6) is 0.774. The molecule has 0 saturated heterocycles. The molecule has 0 atom stereocenters. The first kappa shape index (κ1) is 14.1. The van der Waals surface area contributed by atoms with Crippen molar-refractivity contribution in [3.8, 4) is 11.5 Å². The highest BCUT2D eigenvalue weighted by Crippen LogP contribution is 2.29. The third-order valence-electron chi connectivity index (χ3n) is 2.61. The number of carbonyl (C=O) groups is 1. The molecule has 1 N–H and O–H groups in total. The number of hydrogen-bond acceptors (Lipinski definition) is 4. The van der Waals surface area contributed by atoms with Crippen molar-refractivity contribution in [2.24, 2.45) is 0 Å². The summed E-state index contributed by atoms with van der Waals surface area (Å²) < 4.78 is 10.3. The Balaban J connectivity index is 2.23. The Kier molecular flexibility index (Phi) is 4.42. The molecule has 1 heterocycles. The maximum atomic E-state index is 12.1. The summed E-state index contributed by atoms with van der Waals surface area (Å²) in [6.45, 7) is 0. The third-order valence-corrected chi connectivity index (χ3v) is 2.85. The van der Waals surface area contributed by atoms with Crippen molar-refractivity contribution in [2.45, 2.75) is 0 Å². The Hall–Kier alpha value is -2.27. The Morgan fingerprint density at radius 3 is 2.65 bits per heavy atom. The quantitative estimate of drug-likeness (QED) is 0.941. The average Bonchev–Trinajstić information content (AvgIpc) is 2.47. The molecule has 0 fully saturated rings. The number of ether oxygens (including phenoxy) is 2. The molecule has 0 saturated carbocycles. The molecule has 0 aliphatic carbocycles. The molecule has 20 heavy (non-hydrogen) atoms. The van der Waals surface area contributed by atoms with Gasteiger partial charge in [0.25, 0.3) is 5.91 Å². The van der Waals surface area contributed by atoms with Crippen LogP contribution in [0, 0.1) is 0 Å². The van der Waals surface area contributed by atoms with Crippen molar-refractivity contribution in [3.05, 3.63) is 47.2 Å². The maximum Gasteiger partial charge on any atom is 0.274 e. The highest BCUT2D eigenvalue weighted by atomic mass is 35.5. The van der Waals surface area contributed by atoms with Crippen LogP contribution in [-0.4, -0.2) is 25.1 Å². The van der Waals surface area contributed by atoms with Crippen LogP contribution >= 0.6 is 11.6 Å². The predicted octanol–water partition coefficient (Wildman–Crippen LogP) is 3.00. The standard InChI is InChI=1S/C14H13ClN2O3/c1-19-10-3-4-11(13(8-10)20-2)17-14(18)12-7-9(15)5-6-16-12/h3-8H,1-2H3,(H,17,18). The molecular weight excluding hydrogens is 280 g/mol. The van der Waals surface area contributed by atoms with Gasteiger partial charge in [0.15, 0.2) is 0 Å². The van der Waals surface area contributed by atoms with Gasteiger partial charge in [-0.2, -0.15) is 0 Å². The van der Waals surface area contributed by atoms with E-state index in [-0.39, 0.29) is 11.6 Å². The molecule has 0 aliphatic heterocycles. The lowest BCUT2D eigenvalue weighted by molar-refractivity contribution is 0.102. The number of anilines is 1. The number of aromatic nitrogens is 1. The van der Waals surface area contributed by atoms with Crippen LogP contribution in [0.5, 0.6) is 11.5 Å². The number of methoxy groups -OCH3 is 2. The largest absolute Gasteiger partial charge is 0.497 e. The zero-order chi connectivity index (χ0) is 14.5. The lowest BCUT2D eigenvalue weighted by atomic mass is 10.2. The van der Waals surface area contributed by atoms with Crippen LogP contribution < -0.4 is 14.8 Å².